The van der Waals surface area contributed by atoms with Crippen LogP contribution < -0.4 is 11.3 Å². The maximum absolute atomic E-state index is 5.78. The van der Waals surface area contributed by atoms with Gasteiger partial charge in [-0.15, -0.1) is 0 Å². The zero-order valence-corrected chi connectivity index (χ0v) is 12.0. The molecule has 2 unspecified atom stereocenters. The summed E-state index contributed by atoms with van der Waals surface area (Å²) in [6.07, 6.45) is 7.58. The van der Waals surface area contributed by atoms with Gasteiger partial charge in [0.1, 0.15) is 0 Å². The molecule has 0 saturated heterocycles. The molecule has 0 bridgehead atoms. The Kier molecular flexibility index (Phi) is 5.90. The first-order chi connectivity index (χ1) is 8.11. The number of hydrogen-bond acceptors (Lipinski definition) is 3. The average Bonchev–Trinajstić information content (AvgIpc) is 2.40. The van der Waals surface area contributed by atoms with Crippen LogP contribution in [0.25, 0.3) is 0 Å². The van der Waals surface area contributed by atoms with Crippen molar-refractivity contribution in [2.75, 3.05) is 7.11 Å². The van der Waals surface area contributed by atoms with Crippen molar-refractivity contribution in [3.63, 3.8) is 0 Å². The lowest BCUT2D eigenvalue weighted by Gasteiger charge is -2.42. The highest BCUT2D eigenvalue weighted by Crippen LogP contribution is 2.36. The summed E-state index contributed by atoms with van der Waals surface area (Å²) in [6.45, 7) is 6.64. The zero-order chi connectivity index (χ0) is 12.9. The molecule has 0 aliphatic heterocycles. The second-order valence-corrected chi connectivity index (χ2v) is 5.70. The van der Waals surface area contributed by atoms with Gasteiger partial charge in [0.15, 0.2) is 0 Å². The molecule has 0 spiro atoms. The highest BCUT2D eigenvalue weighted by atomic mass is 16.5. The largest absolute Gasteiger partial charge is 0.377 e. The molecule has 17 heavy (non-hydrogen) atoms. The van der Waals surface area contributed by atoms with Gasteiger partial charge in [0.25, 0.3) is 0 Å². The van der Waals surface area contributed by atoms with Gasteiger partial charge in [-0.1, -0.05) is 33.1 Å². The van der Waals surface area contributed by atoms with Crippen LogP contribution in [0.5, 0.6) is 0 Å². The van der Waals surface area contributed by atoms with Crippen molar-refractivity contribution in [1.29, 1.82) is 0 Å². The predicted octanol–water partition coefficient (Wildman–Crippen LogP) is 2.85. The van der Waals surface area contributed by atoms with Gasteiger partial charge >= 0.3 is 0 Å². The molecule has 1 aliphatic rings. The van der Waals surface area contributed by atoms with E-state index in [9.17, 15) is 0 Å². The Bertz CT molecular complexity index is 208. The molecule has 0 radical (unpaired) electrons. The Balaban J connectivity index is 2.62. The quantitative estimate of drug-likeness (QED) is 0.556. The molecule has 0 aromatic carbocycles. The highest BCUT2D eigenvalue weighted by molar-refractivity contribution is 4.93. The Morgan fingerprint density at radius 2 is 1.88 bits per heavy atom. The maximum Gasteiger partial charge on any atom is 0.0816 e. The lowest BCUT2D eigenvalue weighted by Crippen LogP contribution is -2.56. The molecule has 2 atom stereocenters. The summed E-state index contributed by atoms with van der Waals surface area (Å²) in [4.78, 5) is 0. The van der Waals surface area contributed by atoms with Crippen LogP contribution in [0.15, 0.2) is 0 Å². The van der Waals surface area contributed by atoms with Crippen LogP contribution >= 0.6 is 0 Å². The molecule has 3 N–H and O–H groups in total. The van der Waals surface area contributed by atoms with Crippen LogP contribution in [0.3, 0.4) is 0 Å². The Morgan fingerprint density at radius 3 is 2.24 bits per heavy atom. The van der Waals surface area contributed by atoms with Crippen LogP contribution in [0.1, 0.15) is 59.3 Å². The minimum atomic E-state index is -0.140. The van der Waals surface area contributed by atoms with Crippen molar-refractivity contribution in [2.24, 2.45) is 17.7 Å². The highest BCUT2D eigenvalue weighted by Gasteiger charge is 2.38. The standard InChI is InChI=1S/C14H30N2O/c1-5-11-7-9-12(10-8-11)13(16-15)14(3,6-2)17-4/h11-13,16H,5-10,15H2,1-4H3. The molecule has 0 amide bonds. The van der Waals surface area contributed by atoms with Crippen LogP contribution in [0.2, 0.25) is 0 Å². The molecule has 102 valence electrons. The average molecular weight is 242 g/mol. The van der Waals surface area contributed by atoms with E-state index in [1.165, 1.54) is 32.1 Å². The number of methoxy groups -OCH3 is 1. The van der Waals surface area contributed by atoms with Crippen LogP contribution in [0.4, 0.5) is 0 Å². The fourth-order valence-corrected chi connectivity index (χ4v) is 3.23. The van der Waals surface area contributed by atoms with E-state index in [-0.39, 0.29) is 11.6 Å². The van der Waals surface area contributed by atoms with Gasteiger partial charge < -0.3 is 4.74 Å². The number of ether oxygens (including phenoxy) is 1. The minimum Gasteiger partial charge on any atom is -0.377 e. The smallest absolute Gasteiger partial charge is 0.0816 e. The van der Waals surface area contributed by atoms with E-state index in [1.807, 2.05) is 0 Å². The second kappa shape index (κ2) is 6.72. The fraction of sp³-hybridized carbons (Fsp3) is 1.00. The van der Waals surface area contributed by atoms with Gasteiger partial charge in [0.2, 0.25) is 0 Å². The normalized spacial score (nSPS) is 30.9. The lowest BCUT2D eigenvalue weighted by molar-refractivity contribution is -0.0519. The molecule has 0 heterocycles. The van der Waals surface area contributed by atoms with E-state index in [4.69, 9.17) is 10.6 Å². The van der Waals surface area contributed by atoms with E-state index in [2.05, 4.69) is 26.2 Å². The molecule has 3 nitrogen and oxygen atoms in total. The number of nitrogens with two attached hydrogens (primary N) is 1. The van der Waals surface area contributed by atoms with E-state index < -0.39 is 0 Å². The third-order valence-electron chi connectivity index (χ3n) is 4.95. The lowest BCUT2D eigenvalue weighted by atomic mass is 9.73. The monoisotopic (exact) mass is 242 g/mol. The molecular weight excluding hydrogens is 212 g/mol. The zero-order valence-electron chi connectivity index (χ0n) is 12.0. The van der Waals surface area contributed by atoms with Gasteiger partial charge in [0.05, 0.1) is 11.6 Å². The van der Waals surface area contributed by atoms with Gasteiger partial charge in [-0.2, -0.15) is 0 Å². The van der Waals surface area contributed by atoms with Crippen molar-refractivity contribution in [3.8, 4) is 0 Å². The Morgan fingerprint density at radius 1 is 1.29 bits per heavy atom. The number of nitrogens with one attached hydrogen (secondary N) is 1. The summed E-state index contributed by atoms with van der Waals surface area (Å²) in [5, 5.41) is 0. The predicted molar refractivity (Wildman–Crippen MR) is 72.6 cm³/mol. The van der Waals surface area contributed by atoms with Gasteiger partial charge in [-0.3, -0.25) is 11.3 Å². The third-order valence-corrected chi connectivity index (χ3v) is 4.95. The van der Waals surface area contributed by atoms with Crippen LogP contribution in [-0.4, -0.2) is 18.8 Å². The third kappa shape index (κ3) is 3.43. The summed E-state index contributed by atoms with van der Waals surface area (Å²) < 4.78 is 5.70. The number of rotatable bonds is 6. The van der Waals surface area contributed by atoms with Crippen molar-refractivity contribution in [1.82, 2.24) is 5.43 Å². The van der Waals surface area contributed by atoms with Gasteiger partial charge in [-0.25, -0.2) is 0 Å². The number of hydrogen-bond donors (Lipinski definition) is 2. The van der Waals surface area contributed by atoms with Crippen molar-refractivity contribution >= 4 is 0 Å². The Labute approximate surface area is 106 Å². The summed E-state index contributed by atoms with van der Waals surface area (Å²) in [7, 11) is 1.80. The molecule has 0 aromatic heterocycles. The van der Waals surface area contributed by atoms with Crippen LogP contribution in [0, 0.1) is 11.8 Å². The van der Waals surface area contributed by atoms with E-state index >= 15 is 0 Å². The molecule has 1 saturated carbocycles. The SMILES string of the molecule is CCC1CCC(C(NN)C(C)(CC)OC)CC1. The molecule has 1 fully saturated rings. The van der Waals surface area contributed by atoms with Crippen molar-refractivity contribution in [3.05, 3.63) is 0 Å². The van der Waals surface area contributed by atoms with Gasteiger partial charge in [-0.05, 0) is 38.0 Å². The summed E-state index contributed by atoms with van der Waals surface area (Å²) in [5.74, 6) is 7.37. The molecular formula is C14H30N2O. The first-order valence-corrected chi connectivity index (χ1v) is 7.12. The van der Waals surface area contributed by atoms with Crippen molar-refractivity contribution < 1.29 is 4.74 Å². The number of hydrazine groups is 1. The Hall–Kier alpha value is -0.120. The molecule has 3 heteroatoms. The van der Waals surface area contributed by atoms with E-state index in [0.717, 1.165) is 12.3 Å². The first-order valence-electron chi connectivity index (χ1n) is 7.12. The van der Waals surface area contributed by atoms with Crippen molar-refractivity contribution in [2.45, 2.75) is 70.9 Å². The first kappa shape index (κ1) is 14.9. The van der Waals surface area contributed by atoms with Gasteiger partial charge in [0, 0.05) is 7.11 Å². The molecule has 1 rings (SSSR count). The minimum absolute atomic E-state index is 0.140. The summed E-state index contributed by atoms with van der Waals surface area (Å²) in [6, 6.07) is 0.273. The van der Waals surface area contributed by atoms with E-state index in [1.54, 1.807) is 7.11 Å². The summed E-state index contributed by atoms with van der Waals surface area (Å²) in [5.41, 5.74) is 2.88. The fourth-order valence-electron chi connectivity index (χ4n) is 3.23. The van der Waals surface area contributed by atoms with Crippen LogP contribution in [-0.2, 0) is 4.74 Å². The second-order valence-electron chi connectivity index (χ2n) is 5.70. The molecule has 0 aromatic rings. The van der Waals surface area contributed by atoms with E-state index in [0.29, 0.717) is 5.92 Å². The maximum atomic E-state index is 5.78. The topological polar surface area (TPSA) is 47.3 Å². The summed E-state index contributed by atoms with van der Waals surface area (Å²) >= 11 is 0. The molecule has 1 aliphatic carbocycles.